The number of rotatable bonds is 3. The molecule has 0 aromatic heterocycles. The summed E-state index contributed by atoms with van der Waals surface area (Å²) in [6, 6.07) is 8.82. The van der Waals surface area contributed by atoms with Crippen molar-refractivity contribution in [3.63, 3.8) is 0 Å². The molecule has 0 atom stereocenters. The molecule has 23 heavy (non-hydrogen) atoms. The van der Waals surface area contributed by atoms with E-state index in [1.807, 2.05) is 24.3 Å². The molecule has 1 aromatic rings. The number of anilines is 1. The lowest BCUT2D eigenvalue weighted by Gasteiger charge is -2.20. The number of hydrogen-bond acceptors (Lipinski definition) is 3. The number of amides is 1. The second kappa shape index (κ2) is 9.83. The minimum atomic E-state index is -0.0928. The summed E-state index contributed by atoms with van der Waals surface area (Å²) < 4.78 is 0.981. The Morgan fingerprint density at radius 3 is 2.09 bits per heavy atom. The van der Waals surface area contributed by atoms with Gasteiger partial charge in [0.1, 0.15) is 5.78 Å². The van der Waals surface area contributed by atoms with Crippen molar-refractivity contribution in [3.05, 3.63) is 28.7 Å². The molecule has 4 nitrogen and oxygen atoms in total. The van der Waals surface area contributed by atoms with Crippen LogP contribution < -0.4 is 10.2 Å². The third kappa shape index (κ3) is 7.75. The van der Waals surface area contributed by atoms with Crippen LogP contribution in [0.1, 0.15) is 47.0 Å². The molecule has 2 rings (SSSR count). The zero-order valence-corrected chi connectivity index (χ0v) is 16.0. The first kappa shape index (κ1) is 19.8. The highest BCUT2D eigenvalue weighted by Gasteiger charge is 2.22. The van der Waals surface area contributed by atoms with E-state index in [0.29, 0.717) is 25.0 Å². The molecule has 1 heterocycles. The Morgan fingerprint density at radius 1 is 1.04 bits per heavy atom. The molecular formula is C18H27BrN2O2. The number of carbonyl (C=O) groups is 2. The van der Waals surface area contributed by atoms with E-state index in [4.69, 9.17) is 0 Å². The number of ketones is 1. The van der Waals surface area contributed by atoms with Crippen LogP contribution in [0, 0.1) is 0 Å². The molecule has 1 saturated heterocycles. The fraction of sp³-hybridized carbons (Fsp3) is 0.556. The SMILES string of the molecule is CC(C)NC(C)C.O=C1CCCN(c2ccc(Br)cc2)C(=O)C1. The summed E-state index contributed by atoms with van der Waals surface area (Å²) in [6.07, 6.45) is 1.30. The molecule has 0 radical (unpaired) electrons. The minimum Gasteiger partial charge on any atom is -0.312 e. The van der Waals surface area contributed by atoms with Crippen LogP contribution in [0.5, 0.6) is 0 Å². The van der Waals surface area contributed by atoms with Gasteiger partial charge >= 0.3 is 0 Å². The second-order valence-corrected chi connectivity index (χ2v) is 7.23. The highest BCUT2D eigenvalue weighted by Crippen LogP contribution is 2.21. The van der Waals surface area contributed by atoms with Crippen molar-refractivity contribution < 1.29 is 9.59 Å². The van der Waals surface area contributed by atoms with Crippen molar-refractivity contribution in [1.82, 2.24) is 5.32 Å². The molecule has 1 amide bonds. The predicted octanol–water partition coefficient (Wildman–Crippen LogP) is 3.93. The maximum atomic E-state index is 11.8. The molecule has 0 bridgehead atoms. The zero-order chi connectivity index (χ0) is 17.4. The van der Waals surface area contributed by atoms with Crippen molar-refractivity contribution in [1.29, 1.82) is 0 Å². The second-order valence-electron chi connectivity index (χ2n) is 6.32. The molecule has 1 aliphatic heterocycles. The number of nitrogens with zero attached hydrogens (tertiary/aromatic N) is 1. The maximum Gasteiger partial charge on any atom is 0.234 e. The lowest BCUT2D eigenvalue weighted by atomic mass is 10.2. The summed E-state index contributed by atoms with van der Waals surface area (Å²) in [4.78, 5) is 24.8. The van der Waals surface area contributed by atoms with Crippen LogP contribution in [0.2, 0.25) is 0 Å². The molecule has 1 fully saturated rings. The van der Waals surface area contributed by atoms with Gasteiger partial charge in [-0.1, -0.05) is 43.6 Å². The number of carbonyl (C=O) groups excluding carboxylic acids is 2. The number of Topliss-reactive ketones (excluding diaryl/α,β-unsaturated/α-hetero) is 1. The third-order valence-corrected chi connectivity index (χ3v) is 3.82. The number of nitrogens with one attached hydrogen (secondary N) is 1. The van der Waals surface area contributed by atoms with E-state index < -0.39 is 0 Å². The van der Waals surface area contributed by atoms with Crippen LogP contribution in [0.4, 0.5) is 5.69 Å². The summed E-state index contributed by atoms with van der Waals surface area (Å²) in [7, 11) is 0. The summed E-state index contributed by atoms with van der Waals surface area (Å²) in [6.45, 7) is 9.24. The number of halogens is 1. The molecule has 0 spiro atoms. The van der Waals surface area contributed by atoms with Crippen molar-refractivity contribution in [3.8, 4) is 0 Å². The minimum absolute atomic E-state index is 0.0378. The highest BCUT2D eigenvalue weighted by atomic mass is 79.9. The fourth-order valence-electron chi connectivity index (χ4n) is 2.47. The Kier molecular flexibility index (Phi) is 8.48. The standard InChI is InChI=1S/C12H12BrNO2.C6H15N/c13-9-3-5-10(6-4-9)14-7-1-2-11(15)8-12(14)16;1-5(2)7-6(3)4/h3-6H,1-2,7-8H2;5-7H,1-4H3. The van der Waals surface area contributed by atoms with Crippen LogP contribution >= 0.6 is 15.9 Å². The summed E-state index contributed by atoms with van der Waals surface area (Å²) >= 11 is 3.35. The lowest BCUT2D eigenvalue weighted by Crippen LogP contribution is -2.30. The van der Waals surface area contributed by atoms with Crippen molar-refractivity contribution in [2.75, 3.05) is 11.4 Å². The smallest absolute Gasteiger partial charge is 0.234 e. The van der Waals surface area contributed by atoms with E-state index in [2.05, 4.69) is 48.9 Å². The molecule has 5 heteroatoms. The Bertz CT molecular complexity index is 506. The molecule has 0 unspecified atom stereocenters. The van der Waals surface area contributed by atoms with Gasteiger partial charge in [-0.3, -0.25) is 9.59 Å². The average molecular weight is 383 g/mol. The first-order chi connectivity index (χ1) is 10.8. The van der Waals surface area contributed by atoms with Gasteiger partial charge in [-0.2, -0.15) is 0 Å². The Balaban J connectivity index is 0.000000322. The van der Waals surface area contributed by atoms with Gasteiger partial charge in [0.05, 0.1) is 6.42 Å². The average Bonchev–Trinajstić information content (AvgIpc) is 2.59. The largest absolute Gasteiger partial charge is 0.312 e. The van der Waals surface area contributed by atoms with Gasteiger partial charge in [-0.25, -0.2) is 0 Å². The molecule has 0 aliphatic carbocycles. The molecular weight excluding hydrogens is 356 g/mol. The fourth-order valence-corrected chi connectivity index (χ4v) is 2.74. The topological polar surface area (TPSA) is 49.4 Å². The van der Waals surface area contributed by atoms with Crippen LogP contribution in [0.15, 0.2) is 28.7 Å². The van der Waals surface area contributed by atoms with Crippen LogP contribution in [0.3, 0.4) is 0 Å². The van der Waals surface area contributed by atoms with Crippen molar-refractivity contribution >= 4 is 33.3 Å². The highest BCUT2D eigenvalue weighted by molar-refractivity contribution is 9.10. The van der Waals surface area contributed by atoms with E-state index >= 15 is 0 Å². The molecule has 1 N–H and O–H groups in total. The van der Waals surface area contributed by atoms with Crippen molar-refractivity contribution in [2.45, 2.75) is 59.0 Å². The Morgan fingerprint density at radius 2 is 1.61 bits per heavy atom. The van der Waals surface area contributed by atoms with Crippen LogP contribution in [-0.4, -0.2) is 30.3 Å². The lowest BCUT2D eigenvalue weighted by molar-refractivity contribution is -0.125. The van der Waals surface area contributed by atoms with E-state index in [-0.39, 0.29) is 18.1 Å². The van der Waals surface area contributed by atoms with Crippen molar-refractivity contribution in [2.24, 2.45) is 0 Å². The Hall–Kier alpha value is -1.20. The molecule has 0 saturated carbocycles. The molecule has 1 aliphatic rings. The van der Waals surface area contributed by atoms with E-state index in [9.17, 15) is 9.59 Å². The van der Waals surface area contributed by atoms with E-state index in [0.717, 1.165) is 16.6 Å². The third-order valence-electron chi connectivity index (χ3n) is 3.29. The normalized spacial score (nSPS) is 15.5. The van der Waals surface area contributed by atoms with E-state index in [1.54, 1.807) is 4.90 Å². The maximum absolute atomic E-state index is 11.8. The summed E-state index contributed by atoms with van der Waals surface area (Å²) in [5.41, 5.74) is 0.864. The molecule has 1 aromatic carbocycles. The quantitative estimate of drug-likeness (QED) is 0.805. The van der Waals surface area contributed by atoms with Crippen LogP contribution in [-0.2, 0) is 9.59 Å². The van der Waals surface area contributed by atoms with E-state index in [1.165, 1.54) is 0 Å². The van der Waals surface area contributed by atoms with Gasteiger partial charge in [0, 0.05) is 35.2 Å². The van der Waals surface area contributed by atoms with Gasteiger partial charge in [0.15, 0.2) is 0 Å². The van der Waals surface area contributed by atoms with Gasteiger partial charge in [-0.05, 0) is 30.7 Å². The zero-order valence-electron chi connectivity index (χ0n) is 14.4. The summed E-state index contributed by atoms with van der Waals surface area (Å²) in [5, 5.41) is 3.31. The molecule has 128 valence electrons. The van der Waals surface area contributed by atoms with Crippen LogP contribution in [0.25, 0.3) is 0 Å². The first-order valence-corrected chi connectivity index (χ1v) is 8.92. The first-order valence-electron chi connectivity index (χ1n) is 8.13. The predicted molar refractivity (Wildman–Crippen MR) is 98.8 cm³/mol. The Labute approximate surface area is 147 Å². The van der Waals surface area contributed by atoms with Gasteiger partial charge in [0.2, 0.25) is 5.91 Å². The summed E-state index contributed by atoms with van der Waals surface area (Å²) in [5.74, 6) is -0.0468. The number of hydrogen-bond donors (Lipinski definition) is 1. The van der Waals surface area contributed by atoms with Gasteiger partial charge < -0.3 is 10.2 Å². The number of benzene rings is 1. The monoisotopic (exact) mass is 382 g/mol. The van der Waals surface area contributed by atoms with Gasteiger partial charge in [-0.15, -0.1) is 0 Å². The van der Waals surface area contributed by atoms with Gasteiger partial charge in [0.25, 0.3) is 0 Å².